The van der Waals surface area contributed by atoms with Gasteiger partial charge in [-0.15, -0.1) is 5.10 Å². The fourth-order valence-electron chi connectivity index (χ4n) is 4.53. The molecule has 1 amide bonds. The van der Waals surface area contributed by atoms with E-state index in [9.17, 15) is 9.59 Å². The molecule has 0 spiro atoms. The van der Waals surface area contributed by atoms with Crippen LogP contribution in [0.2, 0.25) is 0 Å². The van der Waals surface area contributed by atoms with Gasteiger partial charge in [0.15, 0.2) is 5.78 Å². The van der Waals surface area contributed by atoms with Gasteiger partial charge in [-0.3, -0.25) is 9.59 Å². The molecule has 2 heterocycles. The number of carbonyl (C=O) groups is 2. The highest BCUT2D eigenvalue weighted by Gasteiger charge is 2.32. The molecule has 33 heavy (non-hydrogen) atoms. The van der Waals surface area contributed by atoms with Crippen LogP contribution < -0.4 is 0 Å². The van der Waals surface area contributed by atoms with Gasteiger partial charge in [-0.1, -0.05) is 68.4 Å². The molecule has 1 atom stereocenters. The van der Waals surface area contributed by atoms with Crippen molar-refractivity contribution >= 4 is 11.7 Å². The van der Waals surface area contributed by atoms with Crippen LogP contribution in [0.4, 0.5) is 0 Å². The molecule has 0 N–H and O–H groups in total. The molecule has 1 aliphatic heterocycles. The Morgan fingerprint density at radius 1 is 0.939 bits per heavy atom. The van der Waals surface area contributed by atoms with E-state index in [1.54, 1.807) is 0 Å². The Kier molecular flexibility index (Phi) is 7.27. The van der Waals surface area contributed by atoms with Crippen molar-refractivity contribution in [2.45, 2.75) is 45.6 Å². The van der Waals surface area contributed by atoms with E-state index in [1.807, 2.05) is 47.4 Å². The summed E-state index contributed by atoms with van der Waals surface area (Å²) in [6.45, 7) is 5.51. The number of Topliss-reactive ketones (excluding diaryl/α,β-unsaturated/α-hetero) is 1. The zero-order chi connectivity index (χ0) is 23.2. The number of amides is 1. The van der Waals surface area contributed by atoms with E-state index in [2.05, 4.69) is 41.5 Å². The molecule has 3 aromatic rings. The Labute approximate surface area is 194 Å². The summed E-state index contributed by atoms with van der Waals surface area (Å²) in [4.78, 5) is 28.3. The third-order valence-corrected chi connectivity index (χ3v) is 6.30. The Balaban J connectivity index is 1.38. The van der Waals surface area contributed by atoms with E-state index in [0.29, 0.717) is 38.3 Å². The highest BCUT2D eigenvalue weighted by Crippen LogP contribution is 2.25. The first kappa shape index (κ1) is 22.8. The number of rotatable bonds is 8. The van der Waals surface area contributed by atoms with Gasteiger partial charge < -0.3 is 4.90 Å². The lowest BCUT2D eigenvalue weighted by molar-refractivity contribution is -0.136. The van der Waals surface area contributed by atoms with E-state index in [0.717, 1.165) is 17.5 Å². The minimum atomic E-state index is -0.497. The van der Waals surface area contributed by atoms with Gasteiger partial charge in [0.2, 0.25) is 5.91 Å². The summed E-state index contributed by atoms with van der Waals surface area (Å²) in [5.41, 5.74) is 3.08. The van der Waals surface area contributed by atoms with Gasteiger partial charge in [-0.05, 0) is 46.7 Å². The van der Waals surface area contributed by atoms with Crippen LogP contribution in [-0.4, -0.2) is 49.9 Å². The van der Waals surface area contributed by atoms with Gasteiger partial charge in [-0.25, -0.2) is 4.68 Å². The monoisotopic (exact) mass is 445 g/mol. The number of ketones is 1. The number of likely N-dealkylation sites (tertiary alicyclic amines) is 1. The standard InChI is InChI=1S/C26H31N5O2/c1-19(2)16-21-8-10-22(11-9-21)25(32)23-12-14-30(15-13-23)26(33)24(31-18-27-28-29-31)17-20-6-4-3-5-7-20/h3-11,18-19,23-24H,12-17H2,1-2H3/t24-/m0/s1. The molecule has 0 saturated carbocycles. The molecule has 0 bridgehead atoms. The molecular weight excluding hydrogens is 414 g/mol. The number of hydrogen-bond donors (Lipinski definition) is 0. The van der Waals surface area contributed by atoms with Gasteiger partial charge in [0, 0.05) is 31.0 Å². The van der Waals surface area contributed by atoms with E-state index in [-0.39, 0.29) is 17.6 Å². The average molecular weight is 446 g/mol. The molecule has 0 aliphatic carbocycles. The second-order valence-corrected chi connectivity index (χ2v) is 9.25. The summed E-state index contributed by atoms with van der Waals surface area (Å²) in [5, 5.41) is 11.4. The predicted octanol–water partition coefficient (Wildman–Crippen LogP) is 3.78. The zero-order valence-electron chi connectivity index (χ0n) is 19.3. The molecule has 1 aliphatic rings. The Morgan fingerprint density at radius 2 is 1.61 bits per heavy atom. The van der Waals surface area contributed by atoms with E-state index >= 15 is 0 Å². The maximum absolute atomic E-state index is 13.4. The highest BCUT2D eigenvalue weighted by molar-refractivity contribution is 5.98. The van der Waals surface area contributed by atoms with Crippen molar-refractivity contribution in [1.82, 2.24) is 25.1 Å². The molecular formula is C26H31N5O2. The third-order valence-electron chi connectivity index (χ3n) is 6.30. The van der Waals surface area contributed by atoms with E-state index < -0.39 is 6.04 Å². The lowest BCUT2D eigenvalue weighted by atomic mass is 9.88. The minimum absolute atomic E-state index is 0.00455. The molecule has 1 fully saturated rings. The summed E-state index contributed by atoms with van der Waals surface area (Å²) < 4.78 is 1.53. The molecule has 0 radical (unpaired) electrons. The predicted molar refractivity (Wildman–Crippen MR) is 126 cm³/mol. The SMILES string of the molecule is CC(C)Cc1ccc(C(=O)C2CCN(C(=O)[C@H](Cc3ccccc3)n3cnnn3)CC2)cc1. The number of benzene rings is 2. The second-order valence-electron chi connectivity index (χ2n) is 9.25. The van der Waals surface area contributed by atoms with E-state index in [4.69, 9.17) is 0 Å². The number of aromatic nitrogens is 4. The summed E-state index contributed by atoms with van der Waals surface area (Å²) in [5.74, 6) is 0.715. The van der Waals surface area contributed by atoms with Crippen LogP contribution in [0.3, 0.4) is 0 Å². The lowest BCUT2D eigenvalue weighted by Crippen LogP contribution is -2.44. The fraction of sp³-hybridized carbons (Fsp3) is 0.423. The van der Waals surface area contributed by atoms with Crippen molar-refractivity contribution < 1.29 is 9.59 Å². The lowest BCUT2D eigenvalue weighted by Gasteiger charge is -2.33. The number of tetrazole rings is 1. The third kappa shape index (κ3) is 5.72. The quantitative estimate of drug-likeness (QED) is 0.493. The van der Waals surface area contributed by atoms with Crippen LogP contribution in [0.5, 0.6) is 0 Å². The first-order valence-electron chi connectivity index (χ1n) is 11.7. The van der Waals surface area contributed by atoms with Gasteiger partial charge in [-0.2, -0.15) is 0 Å². The molecule has 2 aromatic carbocycles. The van der Waals surface area contributed by atoms with Gasteiger partial charge in [0.1, 0.15) is 12.4 Å². The maximum Gasteiger partial charge on any atom is 0.247 e. The summed E-state index contributed by atoms with van der Waals surface area (Å²) in [6, 6.07) is 17.4. The largest absolute Gasteiger partial charge is 0.341 e. The molecule has 172 valence electrons. The second kappa shape index (κ2) is 10.5. The number of piperidine rings is 1. The van der Waals surface area contributed by atoms with Crippen LogP contribution in [0, 0.1) is 11.8 Å². The first-order valence-corrected chi connectivity index (χ1v) is 11.7. The maximum atomic E-state index is 13.4. The zero-order valence-corrected chi connectivity index (χ0v) is 19.3. The van der Waals surface area contributed by atoms with Crippen molar-refractivity contribution in [2.24, 2.45) is 11.8 Å². The van der Waals surface area contributed by atoms with Crippen molar-refractivity contribution in [3.05, 3.63) is 77.6 Å². The van der Waals surface area contributed by atoms with Gasteiger partial charge in [0.25, 0.3) is 0 Å². The molecule has 7 nitrogen and oxygen atoms in total. The summed E-state index contributed by atoms with van der Waals surface area (Å²) in [6.07, 6.45) is 4.37. The average Bonchev–Trinajstić information content (AvgIpc) is 3.37. The highest BCUT2D eigenvalue weighted by atomic mass is 16.2. The Bertz CT molecular complexity index is 1040. The van der Waals surface area contributed by atoms with Crippen LogP contribution in [0.1, 0.15) is 54.2 Å². The Morgan fingerprint density at radius 3 is 2.21 bits per heavy atom. The van der Waals surface area contributed by atoms with Crippen molar-refractivity contribution in [3.8, 4) is 0 Å². The van der Waals surface area contributed by atoms with Crippen LogP contribution in [0.25, 0.3) is 0 Å². The van der Waals surface area contributed by atoms with Crippen molar-refractivity contribution in [2.75, 3.05) is 13.1 Å². The Hall–Kier alpha value is -3.35. The smallest absolute Gasteiger partial charge is 0.247 e. The molecule has 0 unspecified atom stereocenters. The normalized spacial score (nSPS) is 15.5. The minimum Gasteiger partial charge on any atom is -0.341 e. The van der Waals surface area contributed by atoms with Crippen LogP contribution in [0.15, 0.2) is 60.9 Å². The summed E-state index contributed by atoms with van der Waals surface area (Å²) >= 11 is 0. The van der Waals surface area contributed by atoms with E-state index in [1.165, 1.54) is 16.6 Å². The molecule has 4 rings (SSSR count). The first-order chi connectivity index (χ1) is 16.0. The van der Waals surface area contributed by atoms with Gasteiger partial charge in [0.05, 0.1) is 0 Å². The van der Waals surface area contributed by atoms with Crippen molar-refractivity contribution in [3.63, 3.8) is 0 Å². The van der Waals surface area contributed by atoms with Crippen LogP contribution in [-0.2, 0) is 17.6 Å². The van der Waals surface area contributed by atoms with Crippen molar-refractivity contribution in [1.29, 1.82) is 0 Å². The number of carbonyl (C=O) groups excluding carboxylic acids is 2. The molecule has 1 aromatic heterocycles. The van der Waals surface area contributed by atoms with Gasteiger partial charge >= 0.3 is 0 Å². The molecule has 1 saturated heterocycles. The fourth-order valence-corrected chi connectivity index (χ4v) is 4.53. The topological polar surface area (TPSA) is 81.0 Å². The summed E-state index contributed by atoms with van der Waals surface area (Å²) in [7, 11) is 0. The number of nitrogens with zero attached hydrogens (tertiary/aromatic N) is 5. The number of hydrogen-bond acceptors (Lipinski definition) is 5. The van der Waals surface area contributed by atoms with Crippen LogP contribution >= 0.6 is 0 Å². The molecule has 7 heteroatoms.